The number of carboxylic acid groups (broad SMARTS) is 1. The summed E-state index contributed by atoms with van der Waals surface area (Å²) < 4.78 is 0. The molecule has 0 aliphatic heterocycles. The fourth-order valence-corrected chi connectivity index (χ4v) is 2.61. The van der Waals surface area contributed by atoms with Gasteiger partial charge in [-0.25, -0.2) is 9.59 Å². The Morgan fingerprint density at radius 1 is 1.37 bits per heavy atom. The number of nitrogens with one attached hydrogen (secondary N) is 2. The minimum atomic E-state index is -0.941. The Morgan fingerprint density at radius 3 is 2.37 bits per heavy atom. The summed E-state index contributed by atoms with van der Waals surface area (Å²) >= 11 is 0. The number of hydrogen-bond donors (Lipinski definition) is 3. The lowest BCUT2D eigenvalue weighted by molar-refractivity contribution is -0.139. The molecule has 0 heterocycles. The number of amides is 2. The van der Waals surface area contributed by atoms with Crippen LogP contribution in [0.1, 0.15) is 32.1 Å². The topological polar surface area (TPSA) is 81.7 Å². The standard InChI is InChI=1S/C13H23N3O3/c1-16(2)13(6-3-7-13)8-14-12(19)15-10(11(17)18)9-4-5-9/h9-10H,3-8H2,1-2H3,(H,17,18)(H2,14,15,19). The van der Waals surface area contributed by atoms with Gasteiger partial charge in [0.05, 0.1) is 0 Å². The average molecular weight is 269 g/mol. The predicted molar refractivity (Wildman–Crippen MR) is 71.0 cm³/mol. The number of carboxylic acids is 1. The van der Waals surface area contributed by atoms with E-state index in [9.17, 15) is 9.59 Å². The highest BCUT2D eigenvalue weighted by Gasteiger charge is 2.40. The smallest absolute Gasteiger partial charge is 0.326 e. The molecule has 2 rings (SSSR count). The number of urea groups is 1. The first kappa shape index (κ1) is 14.1. The summed E-state index contributed by atoms with van der Waals surface area (Å²) in [6.45, 7) is 0.572. The molecule has 2 fully saturated rings. The average Bonchev–Trinajstić information content (AvgIpc) is 3.07. The van der Waals surface area contributed by atoms with Crippen LogP contribution in [0.2, 0.25) is 0 Å². The van der Waals surface area contributed by atoms with Crippen LogP contribution in [0.3, 0.4) is 0 Å². The number of nitrogens with zero attached hydrogens (tertiary/aromatic N) is 1. The van der Waals surface area contributed by atoms with Crippen molar-refractivity contribution in [2.24, 2.45) is 5.92 Å². The largest absolute Gasteiger partial charge is 0.480 e. The van der Waals surface area contributed by atoms with Gasteiger partial charge in [-0.2, -0.15) is 0 Å². The van der Waals surface area contributed by atoms with Crippen molar-refractivity contribution in [3.05, 3.63) is 0 Å². The van der Waals surface area contributed by atoms with Gasteiger partial charge >= 0.3 is 12.0 Å². The summed E-state index contributed by atoms with van der Waals surface area (Å²) in [6.07, 6.45) is 5.11. The second-order valence-corrected chi connectivity index (χ2v) is 5.95. The summed E-state index contributed by atoms with van der Waals surface area (Å²) in [5.74, 6) is -0.835. The summed E-state index contributed by atoms with van der Waals surface area (Å²) in [5, 5.41) is 14.4. The fourth-order valence-electron chi connectivity index (χ4n) is 2.61. The number of rotatable bonds is 6. The van der Waals surface area contributed by atoms with Gasteiger partial charge in [0, 0.05) is 12.1 Å². The fraction of sp³-hybridized carbons (Fsp3) is 0.846. The Hall–Kier alpha value is -1.30. The molecule has 3 N–H and O–H groups in total. The van der Waals surface area contributed by atoms with E-state index in [1.807, 2.05) is 14.1 Å². The Bertz CT molecular complexity index is 362. The molecular formula is C13H23N3O3. The second kappa shape index (κ2) is 5.36. The van der Waals surface area contributed by atoms with Crippen molar-refractivity contribution in [2.75, 3.05) is 20.6 Å². The lowest BCUT2D eigenvalue weighted by Gasteiger charge is -2.47. The van der Waals surface area contributed by atoms with E-state index in [1.54, 1.807) is 0 Å². The molecule has 0 radical (unpaired) electrons. The molecule has 0 spiro atoms. The van der Waals surface area contributed by atoms with Crippen LogP contribution in [-0.2, 0) is 4.79 Å². The van der Waals surface area contributed by atoms with Gasteiger partial charge < -0.3 is 20.6 Å². The van der Waals surface area contributed by atoms with Gasteiger partial charge in [0.1, 0.15) is 6.04 Å². The van der Waals surface area contributed by atoms with E-state index in [0.717, 1.165) is 25.7 Å². The molecule has 1 unspecified atom stereocenters. The van der Waals surface area contributed by atoms with E-state index in [0.29, 0.717) is 6.54 Å². The number of aliphatic carboxylic acids is 1. The van der Waals surface area contributed by atoms with Crippen LogP contribution >= 0.6 is 0 Å². The van der Waals surface area contributed by atoms with E-state index >= 15 is 0 Å². The van der Waals surface area contributed by atoms with Crippen LogP contribution in [-0.4, -0.2) is 54.2 Å². The maximum atomic E-state index is 11.8. The van der Waals surface area contributed by atoms with Crippen molar-refractivity contribution in [1.82, 2.24) is 15.5 Å². The zero-order valence-electron chi connectivity index (χ0n) is 11.6. The Labute approximate surface area is 113 Å². The molecular weight excluding hydrogens is 246 g/mol. The van der Waals surface area contributed by atoms with E-state index in [2.05, 4.69) is 15.5 Å². The highest BCUT2D eigenvalue weighted by Crippen LogP contribution is 2.35. The highest BCUT2D eigenvalue weighted by atomic mass is 16.4. The number of likely N-dealkylation sites (N-methyl/N-ethyl adjacent to an activating group) is 1. The minimum Gasteiger partial charge on any atom is -0.480 e. The second-order valence-electron chi connectivity index (χ2n) is 5.95. The Morgan fingerprint density at radius 2 is 2.00 bits per heavy atom. The van der Waals surface area contributed by atoms with Gasteiger partial charge in [0.15, 0.2) is 0 Å². The Kier molecular flexibility index (Phi) is 3.99. The number of hydrogen-bond acceptors (Lipinski definition) is 3. The first-order valence-electron chi connectivity index (χ1n) is 6.89. The summed E-state index contributed by atoms with van der Waals surface area (Å²) in [7, 11) is 4.03. The summed E-state index contributed by atoms with van der Waals surface area (Å²) in [6, 6.07) is -1.11. The monoisotopic (exact) mass is 269 g/mol. The quantitative estimate of drug-likeness (QED) is 0.660. The first-order valence-corrected chi connectivity index (χ1v) is 6.89. The number of carbonyl (C=O) groups excluding carboxylic acids is 1. The van der Waals surface area contributed by atoms with Crippen LogP contribution < -0.4 is 10.6 Å². The van der Waals surface area contributed by atoms with Gasteiger partial charge in [-0.15, -0.1) is 0 Å². The molecule has 0 aromatic heterocycles. The van der Waals surface area contributed by atoms with E-state index in [-0.39, 0.29) is 17.5 Å². The maximum absolute atomic E-state index is 11.8. The van der Waals surface area contributed by atoms with E-state index < -0.39 is 12.0 Å². The molecule has 19 heavy (non-hydrogen) atoms. The normalized spacial score (nSPS) is 22.5. The first-order chi connectivity index (χ1) is 8.94. The third-order valence-electron chi connectivity index (χ3n) is 4.46. The van der Waals surface area contributed by atoms with Crippen LogP contribution in [0.5, 0.6) is 0 Å². The van der Waals surface area contributed by atoms with Crippen LogP contribution in [0.4, 0.5) is 4.79 Å². The molecule has 0 aromatic carbocycles. The number of carbonyl (C=O) groups is 2. The Balaban J connectivity index is 1.79. The third kappa shape index (κ3) is 3.18. The third-order valence-corrected chi connectivity index (χ3v) is 4.46. The van der Waals surface area contributed by atoms with E-state index in [4.69, 9.17) is 5.11 Å². The van der Waals surface area contributed by atoms with Gasteiger partial charge in [-0.05, 0) is 52.1 Å². The van der Waals surface area contributed by atoms with Gasteiger partial charge in [-0.1, -0.05) is 0 Å². The summed E-state index contributed by atoms with van der Waals surface area (Å²) in [4.78, 5) is 25.0. The van der Waals surface area contributed by atoms with Crippen molar-refractivity contribution in [2.45, 2.75) is 43.7 Å². The van der Waals surface area contributed by atoms with Crippen LogP contribution in [0.25, 0.3) is 0 Å². The highest BCUT2D eigenvalue weighted by molar-refractivity contribution is 5.83. The lowest BCUT2D eigenvalue weighted by Crippen LogP contribution is -2.59. The molecule has 2 aliphatic rings. The zero-order valence-corrected chi connectivity index (χ0v) is 11.6. The van der Waals surface area contributed by atoms with Crippen LogP contribution in [0, 0.1) is 5.92 Å². The molecule has 0 bridgehead atoms. The van der Waals surface area contributed by atoms with E-state index in [1.165, 1.54) is 6.42 Å². The van der Waals surface area contributed by atoms with Crippen molar-refractivity contribution in [1.29, 1.82) is 0 Å². The molecule has 1 atom stereocenters. The van der Waals surface area contributed by atoms with Gasteiger partial charge in [0.25, 0.3) is 0 Å². The SMILES string of the molecule is CN(C)C1(CNC(=O)NC(C(=O)O)C2CC2)CCC1. The molecule has 2 saturated carbocycles. The van der Waals surface area contributed by atoms with Crippen molar-refractivity contribution < 1.29 is 14.7 Å². The predicted octanol–water partition coefficient (Wildman–Crippen LogP) is 0.633. The van der Waals surface area contributed by atoms with Crippen LogP contribution in [0.15, 0.2) is 0 Å². The molecule has 2 amide bonds. The molecule has 0 saturated heterocycles. The van der Waals surface area contributed by atoms with Gasteiger partial charge in [-0.3, -0.25) is 0 Å². The maximum Gasteiger partial charge on any atom is 0.326 e. The van der Waals surface area contributed by atoms with Crippen molar-refractivity contribution in [3.8, 4) is 0 Å². The van der Waals surface area contributed by atoms with Gasteiger partial charge in [0.2, 0.25) is 0 Å². The summed E-state index contributed by atoms with van der Waals surface area (Å²) in [5.41, 5.74) is 0.0512. The minimum absolute atomic E-state index is 0.0512. The van der Waals surface area contributed by atoms with Crippen molar-refractivity contribution >= 4 is 12.0 Å². The zero-order chi connectivity index (χ0) is 14.0. The molecule has 0 aromatic rings. The molecule has 6 nitrogen and oxygen atoms in total. The lowest BCUT2D eigenvalue weighted by atomic mass is 9.75. The van der Waals surface area contributed by atoms with Crippen molar-refractivity contribution in [3.63, 3.8) is 0 Å². The molecule has 2 aliphatic carbocycles. The molecule has 108 valence electrons. The molecule has 6 heteroatoms.